The summed E-state index contributed by atoms with van der Waals surface area (Å²) in [6.07, 6.45) is 6.10. The summed E-state index contributed by atoms with van der Waals surface area (Å²) in [6, 6.07) is 7.22. The molecule has 2 N–H and O–H groups in total. The van der Waals surface area contributed by atoms with Crippen LogP contribution in [0.2, 0.25) is 0 Å². The number of carbonyl (C=O) groups excluding carboxylic acids is 1. The van der Waals surface area contributed by atoms with Gasteiger partial charge in [0.2, 0.25) is 5.95 Å². The molecule has 0 aliphatic rings. The number of hydrogen-bond acceptors (Lipinski definition) is 6. The van der Waals surface area contributed by atoms with E-state index in [9.17, 15) is 4.79 Å². The molecule has 0 atom stereocenters. The summed E-state index contributed by atoms with van der Waals surface area (Å²) < 4.78 is 10.3. The van der Waals surface area contributed by atoms with Crippen LogP contribution in [0, 0.1) is 0 Å². The van der Waals surface area contributed by atoms with Gasteiger partial charge in [0.05, 0.1) is 31.2 Å². The number of nitrogens with zero attached hydrogens (tertiary/aromatic N) is 2. The number of anilines is 1. The second-order valence-corrected chi connectivity index (χ2v) is 4.49. The van der Waals surface area contributed by atoms with E-state index in [2.05, 4.69) is 20.6 Å². The van der Waals surface area contributed by atoms with Crippen LogP contribution in [-0.4, -0.2) is 15.9 Å². The maximum Gasteiger partial charge on any atom is 0.254 e. The molecule has 0 spiro atoms. The summed E-state index contributed by atoms with van der Waals surface area (Å²) in [5.41, 5.74) is 0.384. The molecule has 0 saturated heterocycles. The van der Waals surface area contributed by atoms with E-state index < -0.39 is 0 Å². The van der Waals surface area contributed by atoms with E-state index in [1.165, 1.54) is 12.4 Å². The van der Waals surface area contributed by atoms with Crippen LogP contribution in [0.5, 0.6) is 0 Å². The van der Waals surface area contributed by atoms with Gasteiger partial charge in [0.25, 0.3) is 5.91 Å². The molecule has 0 fully saturated rings. The highest BCUT2D eigenvalue weighted by Gasteiger charge is 2.08. The predicted molar refractivity (Wildman–Crippen MR) is 77.9 cm³/mol. The Labute approximate surface area is 126 Å². The van der Waals surface area contributed by atoms with Crippen LogP contribution >= 0.6 is 0 Å². The first kappa shape index (κ1) is 13.9. The summed E-state index contributed by atoms with van der Waals surface area (Å²) in [5, 5.41) is 5.73. The minimum Gasteiger partial charge on any atom is -0.467 e. The lowest BCUT2D eigenvalue weighted by molar-refractivity contribution is 0.0947. The lowest BCUT2D eigenvalue weighted by atomic mass is 10.3. The summed E-state index contributed by atoms with van der Waals surface area (Å²) >= 11 is 0. The number of rotatable bonds is 6. The highest BCUT2D eigenvalue weighted by molar-refractivity contribution is 5.93. The summed E-state index contributed by atoms with van der Waals surface area (Å²) in [6.45, 7) is 0.807. The van der Waals surface area contributed by atoms with Gasteiger partial charge in [-0.2, -0.15) is 0 Å². The van der Waals surface area contributed by atoms with Crippen LogP contribution in [0.1, 0.15) is 21.9 Å². The Bertz CT molecular complexity index is 706. The van der Waals surface area contributed by atoms with E-state index in [0.717, 1.165) is 5.76 Å². The minimum atomic E-state index is -0.256. The summed E-state index contributed by atoms with van der Waals surface area (Å²) in [5.74, 6) is 1.64. The van der Waals surface area contributed by atoms with Crippen LogP contribution in [0.15, 0.2) is 58.0 Å². The number of amides is 1. The SMILES string of the molecule is O=C(NCc1ccco1)c1cnc(NCc2ccco2)nc1. The van der Waals surface area contributed by atoms with E-state index in [4.69, 9.17) is 8.83 Å². The molecule has 0 aromatic carbocycles. The fraction of sp³-hybridized carbons (Fsp3) is 0.133. The molecular weight excluding hydrogens is 284 g/mol. The highest BCUT2D eigenvalue weighted by atomic mass is 16.3. The zero-order valence-electron chi connectivity index (χ0n) is 11.7. The Morgan fingerprint density at radius 2 is 1.64 bits per heavy atom. The fourth-order valence-corrected chi connectivity index (χ4v) is 1.80. The molecule has 3 rings (SSSR count). The first-order chi connectivity index (χ1) is 10.8. The van der Waals surface area contributed by atoms with E-state index >= 15 is 0 Å². The molecule has 0 saturated carbocycles. The second kappa shape index (κ2) is 6.57. The Morgan fingerprint density at radius 1 is 1.00 bits per heavy atom. The third-order valence-electron chi connectivity index (χ3n) is 2.92. The molecule has 7 nitrogen and oxygen atoms in total. The van der Waals surface area contributed by atoms with Gasteiger partial charge < -0.3 is 19.5 Å². The van der Waals surface area contributed by atoms with Gasteiger partial charge in [0.1, 0.15) is 11.5 Å². The topological polar surface area (TPSA) is 93.2 Å². The maximum atomic E-state index is 11.9. The molecule has 7 heteroatoms. The molecule has 112 valence electrons. The Hall–Kier alpha value is -3.09. The Balaban J connectivity index is 1.53. The van der Waals surface area contributed by atoms with Crippen LogP contribution in [0.25, 0.3) is 0 Å². The number of aromatic nitrogens is 2. The molecule has 0 aliphatic heterocycles. The maximum absolute atomic E-state index is 11.9. The number of furan rings is 2. The fourth-order valence-electron chi connectivity index (χ4n) is 1.80. The van der Waals surface area contributed by atoms with E-state index in [1.54, 1.807) is 24.7 Å². The smallest absolute Gasteiger partial charge is 0.254 e. The van der Waals surface area contributed by atoms with Gasteiger partial charge in [-0.1, -0.05) is 0 Å². The van der Waals surface area contributed by atoms with Gasteiger partial charge in [-0.25, -0.2) is 9.97 Å². The Kier molecular flexibility index (Phi) is 4.15. The van der Waals surface area contributed by atoms with E-state index in [0.29, 0.717) is 30.4 Å². The van der Waals surface area contributed by atoms with Crippen molar-refractivity contribution in [3.8, 4) is 0 Å². The third-order valence-corrected chi connectivity index (χ3v) is 2.92. The molecule has 22 heavy (non-hydrogen) atoms. The van der Waals surface area contributed by atoms with Crippen molar-refractivity contribution in [2.75, 3.05) is 5.32 Å². The van der Waals surface area contributed by atoms with Crippen LogP contribution < -0.4 is 10.6 Å². The molecule has 3 aromatic heterocycles. The molecule has 1 amide bonds. The van der Waals surface area contributed by atoms with Gasteiger partial charge in [0, 0.05) is 12.4 Å². The van der Waals surface area contributed by atoms with E-state index in [-0.39, 0.29) is 5.91 Å². The monoisotopic (exact) mass is 298 g/mol. The first-order valence-corrected chi connectivity index (χ1v) is 6.70. The zero-order chi connectivity index (χ0) is 15.2. The lowest BCUT2D eigenvalue weighted by Crippen LogP contribution is -2.23. The molecule has 0 unspecified atom stereocenters. The largest absolute Gasteiger partial charge is 0.467 e. The number of carbonyl (C=O) groups is 1. The van der Waals surface area contributed by atoms with Crippen LogP contribution in [0.3, 0.4) is 0 Å². The van der Waals surface area contributed by atoms with Crippen molar-refractivity contribution in [1.29, 1.82) is 0 Å². The summed E-state index contributed by atoms with van der Waals surface area (Å²) in [4.78, 5) is 20.1. The van der Waals surface area contributed by atoms with Crippen molar-refractivity contribution in [3.05, 3.63) is 66.3 Å². The summed E-state index contributed by atoms with van der Waals surface area (Å²) in [7, 11) is 0. The highest BCUT2D eigenvalue weighted by Crippen LogP contribution is 2.05. The van der Waals surface area contributed by atoms with Crippen LogP contribution in [0.4, 0.5) is 5.95 Å². The van der Waals surface area contributed by atoms with Crippen LogP contribution in [-0.2, 0) is 13.1 Å². The van der Waals surface area contributed by atoms with Crippen molar-refractivity contribution in [2.45, 2.75) is 13.1 Å². The molecule has 0 radical (unpaired) electrons. The van der Waals surface area contributed by atoms with Crippen molar-refractivity contribution >= 4 is 11.9 Å². The van der Waals surface area contributed by atoms with Crippen molar-refractivity contribution < 1.29 is 13.6 Å². The second-order valence-electron chi connectivity index (χ2n) is 4.49. The molecule has 3 aromatic rings. The Morgan fingerprint density at radius 3 is 2.23 bits per heavy atom. The quantitative estimate of drug-likeness (QED) is 0.724. The average Bonchev–Trinajstić information content (AvgIpc) is 3.24. The number of nitrogens with one attached hydrogen (secondary N) is 2. The molecule has 3 heterocycles. The van der Waals surface area contributed by atoms with Gasteiger partial charge in [-0.3, -0.25) is 4.79 Å². The minimum absolute atomic E-state index is 0.256. The predicted octanol–water partition coefficient (Wildman–Crippen LogP) is 2.20. The zero-order valence-corrected chi connectivity index (χ0v) is 11.7. The van der Waals surface area contributed by atoms with Crippen molar-refractivity contribution in [3.63, 3.8) is 0 Å². The first-order valence-electron chi connectivity index (χ1n) is 6.70. The molecule has 0 bridgehead atoms. The molecule has 0 aliphatic carbocycles. The van der Waals surface area contributed by atoms with Gasteiger partial charge in [-0.15, -0.1) is 0 Å². The third kappa shape index (κ3) is 3.51. The average molecular weight is 298 g/mol. The normalized spacial score (nSPS) is 10.4. The van der Waals surface area contributed by atoms with Crippen molar-refractivity contribution in [2.24, 2.45) is 0 Å². The van der Waals surface area contributed by atoms with Crippen molar-refractivity contribution in [1.82, 2.24) is 15.3 Å². The van der Waals surface area contributed by atoms with Gasteiger partial charge in [-0.05, 0) is 24.3 Å². The standard InChI is InChI=1S/C15H14N4O3/c20-14(16-9-12-3-1-5-21-12)11-7-17-15(18-8-11)19-10-13-4-2-6-22-13/h1-8H,9-10H2,(H,16,20)(H,17,18,19). The lowest BCUT2D eigenvalue weighted by Gasteiger charge is -2.05. The molecular formula is C15H14N4O3. The number of hydrogen-bond donors (Lipinski definition) is 2. The van der Waals surface area contributed by atoms with Gasteiger partial charge in [0.15, 0.2) is 0 Å². The van der Waals surface area contributed by atoms with Gasteiger partial charge >= 0.3 is 0 Å². The van der Waals surface area contributed by atoms with E-state index in [1.807, 2.05) is 12.1 Å².